The van der Waals surface area contributed by atoms with E-state index in [1.807, 2.05) is 4.90 Å². The molecule has 1 unspecified atom stereocenters. The minimum atomic E-state index is 0.194. The topological polar surface area (TPSA) is 52.6 Å². The Bertz CT molecular complexity index is 231. The summed E-state index contributed by atoms with van der Waals surface area (Å²) < 4.78 is 0. The zero-order chi connectivity index (χ0) is 11.4. The van der Waals surface area contributed by atoms with E-state index >= 15 is 0 Å². The highest BCUT2D eigenvalue weighted by molar-refractivity contribution is 5.79. The molecule has 16 heavy (non-hydrogen) atoms. The molecule has 2 heterocycles. The van der Waals surface area contributed by atoms with Crippen LogP contribution in [0.25, 0.3) is 0 Å². The number of piperidine rings is 2. The molecule has 2 rings (SSSR count). The SMILES string of the molecule is O=C(C1CCCNC1)N1CCC(CO)CC1. The molecule has 92 valence electrons. The van der Waals surface area contributed by atoms with Gasteiger partial charge in [0, 0.05) is 26.2 Å². The van der Waals surface area contributed by atoms with Crippen LogP contribution < -0.4 is 5.32 Å². The van der Waals surface area contributed by atoms with Gasteiger partial charge in [0.1, 0.15) is 0 Å². The number of aliphatic hydroxyl groups is 1. The summed E-state index contributed by atoms with van der Waals surface area (Å²) in [6.45, 7) is 3.84. The van der Waals surface area contributed by atoms with Gasteiger partial charge in [-0.05, 0) is 38.1 Å². The van der Waals surface area contributed by atoms with E-state index in [2.05, 4.69) is 5.32 Å². The number of hydrogen-bond acceptors (Lipinski definition) is 3. The van der Waals surface area contributed by atoms with Gasteiger partial charge in [0.15, 0.2) is 0 Å². The number of amides is 1. The molecule has 4 nitrogen and oxygen atoms in total. The predicted molar refractivity (Wildman–Crippen MR) is 62.0 cm³/mol. The van der Waals surface area contributed by atoms with Crippen molar-refractivity contribution in [1.29, 1.82) is 0 Å². The number of rotatable bonds is 2. The summed E-state index contributed by atoms with van der Waals surface area (Å²) in [5, 5.41) is 12.3. The maximum Gasteiger partial charge on any atom is 0.226 e. The number of carbonyl (C=O) groups is 1. The van der Waals surface area contributed by atoms with Crippen LogP contribution in [0.2, 0.25) is 0 Å². The van der Waals surface area contributed by atoms with Gasteiger partial charge in [0.25, 0.3) is 0 Å². The van der Waals surface area contributed by atoms with Crippen molar-refractivity contribution in [3.05, 3.63) is 0 Å². The fourth-order valence-corrected chi connectivity index (χ4v) is 2.66. The molecule has 2 aliphatic heterocycles. The molecule has 1 amide bonds. The third-order valence-electron chi connectivity index (χ3n) is 3.83. The second-order valence-electron chi connectivity index (χ2n) is 4.99. The Morgan fingerprint density at radius 1 is 1.31 bits per heavy atom. The Hall–Kier alpha value is -0.610. The number of hydrogen-bond donors (Lipinski definition) is 2. The third-order valence-corrected chi connectivity index (χ3v) is 3.83. The summed E-state index contributed by atoms with van der Waals surface area (Å²) in [5.74, 6) is 0.927. The lowest BCUT2D eigenvalue weighted by Gasteiger charge is -2.34. The molecule has 2 N–H and O–H groups in total. The van der Waals surface area contributed by atoms with Crippen LogP contribution in [-0.4, -0.2) is 48.7 Å². The zero-order valence-electron chi connectivity index (χ0n) is 9.82. The van der Waals surface area contributed by atoms with Crippen LogP contribution in [0, 0.1) is 11.8 Å². The second-order valence-corrected chi connectivity index (χ2v) is 4.99. The van der Waals surface area contributed by atoms with Crippen molar-refractivity contribution < 1.29 is 9.90 Å². The molecule has 2 aliphatic rings. The lowest BCUT2D eigenvalue weighted by atomic mass is 9.94. The van der Waals surface area contributed by atoms with Crippen LogP contribution in [0.15, 0.2) is 0 Å². The quantitative estimate of drug-likeness (QED) is 0.708. The van der Waals surface area contributed by atoms with Crippen molar-refractivity contribution in [3.63, 3.8) is 0 Å². The van der Waals surface area contributed by atoms with E-state index in [0.29, 0.717) is 11.8 Å². The van der Waals surface area contributed by atoms with Gasteiger partial charge >= 0.3 is 0 Å². The van der Waals surface area contributed by atoms with Gasteiger partial charge < -0.3 is 15.3 Å². The molecular weight excluding hydrogens is 204 g/mol. The number of likely N-dealkylation sites (tertiary alicyclic amines) is 1. The standard InChI is InChI=1S/C12H22N2O2/c15-9-10-3-6-14(7-4-10)12(16)11-2-1-5-13-8-11/h10-11,13,15H,1-9H2. The van der Waals surface area contributed by atoms with E-state index in [4.69, 9.17) is 5.11 Å². The van der Waals surface area contributed by atoms with E-state index in [-0.39, 0.29) is 12.5 Å². The molecular formula is C12H22N2O2. The van der Waals surface area contributed by atoms with Crippen LogP contribution in [0.5, 0.6) is 0 Å². The van der Waals surface area contributed by atoms with E-state index in [9.17, 15) is 4.79 Å². The number of aliphatic hydroxyl groups excluding tert-OH is 1. The van der Waals surface area contributed by atoms with E-state index in [1.165, 1.54) is 0 Å². The molecule has 0 radical (unpaired) electrons. The van der Waals surface area contributed by atoms with Gasteiger partial charge in [-0.2, -0.15) is 0 Å². The molecule has 1 atom stereocenters. The first-order valence-corrected chi connectivity index (χ1v) is 6.41. The van der Waals surface area contributed by atoms with Crippen LogP contribution in [0.1, 0.15) is 25.7 Å². The second kappa shape index (κ2) is 5.64. The maximum absolute atomic E-state index is 12.2. The van der Waals surface area contributed by atoms with Gasteiger partial charge in [-0.25, -0.2) is 0 Å². The van der Waals surface area contributed by atoms with E-state index in [0.717, 1.165) is 51.9 Å². The molecule has 0 bridgehead atoms. The first-order valence-electron chi connectivity index (χ1n) is 6.41. The van der Waals surface area contributed by atoms with Crippen LogP contribution in [0.4, 0.5) is 0 Å². The van der Waals surface area contributed by atoms with Gasteiger partial charge in [-0.3, -0.25) is 4.79 Å². The fraction of sp³-hybridized carbons (Fsp3) is 0.917. The number of nitrogens with zero attached hydrogens (tertiary/aromatic N) is 1. The highest BCUT2D eigenvalue weighted by Crippen LogP contribution is 2.20. The summed E-state index contributed by atoms with van der Waals surface area (Å²) in [6.07, 6.45) is 4.07. The molecule has 2 fully saturated rings. The largest absolute Gasteiger partial charge is 0.396 e. The Morgan fingerprint density at radius 3 is 2.62 bits per heavy atom. The molecule has 0 aliphatic carbocycles. The summed E-state index contributed by atoms with van der Waals surface area (Å²) in [6, 6.07) is 0. The molecule has 0 spiro atoms. The Balaban J connectivity index is 1.81. The maximum atomic E-state index is 12.2. The minimum Gasteiger partial charge on any atom is -0.396 e. The molecule has 0 aromatic rings. The normalized spacial score (nSPS) is 28.1. The summed E-state index contributed by atoms with van der Waals surface area (Å²) in [4.78, 5) is 14.2. The Kier molecular flexibility index (Phi) is 4.18. The molecule has 0 saturated carbocycles. The minimum absolute atomic E-state index is 0.194. The van der Waals surface area contributed by atoms with E-state index < -0.39 is 0 Å². The van der Waals surface area contributed by atoms with Crippen molar-refractivity contribution in [1.82, 2.24) is 10.2 Å². The van der Waals surface area contributed by atoms with Crippen LogP contribution in [-0.2, 0) is 4.79 Å². The van der Waals surface area contributed by atoms with Gasteiger partial charge in [-0.1, -0.05) is 0 Å². The monoisotopic (exact) mass is 226 g/mol. The lowest BCUT2D eigenvalue weighted by molar-refractivity contribution is -0.137. The zero-order valence-corrected chi connectivity index (χ0v) is 9.82. The van der Waals surface area contributed by atoms with Crippen LogP contribution in [0.3, 0.4) is 0 Å². The number of nitrogens with one attached hydrogen (secondary N) is 1. The smallest absolute Gasteiger partial charge is 0.226 e. The molecule has 2 saturated heterocycles. The Labute approximate surface area is 97.0 Å². The molecule has 0 aromatic heterocycles. The van der Waals surface area contributed by atoms with Crippen molar-refractivity contribution in [2.45, 2.75) is 25.7 Å². The van der Waals surface area contributed by atoms with Crippen molar-refractivity contribution in [3.8, 4) is 0 Å². The average molecular weight is 226 g/mol. The van der Waals surface area contributed by atoms with Gasteiger partial charge in [0.05, 0.1) is 5.92 Å². The van der Waals surface area contributed by atoms with Gasteiger partial charge in [-0.15, -0.1) is 0 Å². The first kappa shape index (κ1) is 11.9. The van der Waals surface area contributed by atoms with Crippen LogP contribution >= 0.6 is 0 Å². The third kappa shape index (κ3) is 2.74. The lowest BCUT2D eigenvalue weighted by Crippen LogP contribution is -2.46. The van der Waals surface area contributed by atoms with E-state index in [1.54, 1.807) is 0 Å². The van der Waals surface area contributed by atoms with Crippen molar-refractivity contribution >= 4 is 5.91 Å². The first-order chi connectivity index (χ1) is 7.81. The van der Waals surface area contributed by atoms with Crippen molar-refractivity contribution in [2.24, 2.45) is 11.8 Å². The number of carbonyl (C=O) groups excluding carboxylic acids is 1. The highest BCUT2D eigenvalue weighted by atomic mass is 16.3. The van der Waals surface area contributed by atoms with Crippen molar-refractivity contribution in [2.75, 3.05) is 32.8 Å². The van der Waals surface area contributed by atoms with Gasteiger partial charge in [0.2, 0.25) is 5.91 Å². The molecule has 0 aromatic carbocycles. The summed E-state index contributed by atoms with van der Waals surface area (Å²) in [7, 11) is 0. The summed E-state index contributed by atoms with van der Waals surface area (Å²) >= 11 is 0. The Morgan fingerprint density at radius 2 is 2.06 bits per heavy atom. The molecule has 4 heteroatoms. The fourth-order valence-electron chi connectivity index (χ4n) is 2.66. The summed E-state index contributed by atoms with van der Waals surface area (Å²) in [5.41, 5.74) is 0. The average Bonchev–Trinajstić information content (AvgIpc) is 2.39. The predicted octanol–water partition coefficient (Wildman–Crippen LogP) is 0.217. The highest BCUT2D eigenvalue weighted by Gasteiger charge is 2.28.